The zero-order valence-corrected chi connectivity index (χ0v) is 12.3. The van der Waals surface area contributed by atoms with Crippen molar-refractivity contribution in [3.8, 4) is 5.75 Å². The number of aliphatic hydroxyl groups excluding tert-OH is 2. The molecule has 1 aromatic carbocycles. The number of hydrogen-bond donors (Lipinski definition) is 3. The molecule has 0 radical (unpaired) electrons. The maximum atomic E-state index is 10.1. The summed E-state index contributed by atoms with van der Waals surface area (Å²) in [4.78, 5) is 2.10. The van der Waals surface area contributed by atoms with Gasteiger partial charge < -0.3 is 25.4 Å². The van der Waals surface area contributed by atoms with E-state index in [1.807, 2.05) is 19.1 Å². The zero-order chi connectivity index (χ0) is 15.2. The van der Waals surface area contributed by atoms with Crippen LogP contribution in [0.2, 0.25) is 0 Å². The Hall–Kier alpha value is -1.34. The van der Waals surface area contributed by atoms with Crippen LogP contribution in [0.3, 0.4) is 0 Å². The van der Waals surface area contributed by atoms with Gasteiger partial charge in [-0.15, -0.1) is 0 Å². The molecule has 0 bridgehead atoms. The van der Waals surface area contributed by atoms with Crippen molar-refractivity contribution < 1.29 is 19.7 Å². The molecule has 0 saturated carbocycles. The van der Waals surface area contributed by atoms with Crippen molar-refractivity contribution in [3.63, 3.8) is 0 Å². The van der Waals surface area contributed by atoms with Gasteiger partial charge in [-0.25, -0.2) is 0 Å². The topological polar surface area (TPSA) is 88.2 Å². The summed E-state index contributed by atoms with van der Waals surface area (Å²) in [5, 5.41) is 19.3. The van der Waals surface area contributed by atoms with Gasteiger partial charge in [-0.2, -0.15) is 0 Å². The molecule has 6 nitrogen and oxygen atoms in total. The number of benzene rings is 1. The van der Waals surface area contributed by atoms with Crippen LogP contribution < -0.4 is 10.5 Å². The molecule has 3 atom stereocenters. The number of nitrogens with zero attached hydrogens (tertiary/aromatic N) is 1. The van der Waals surface area contributed by atoms with Gasteiger partial charge in [-0.1, -0.05) is 12.1 Å². The number of nitrogens with two attached hydrogens (primary N) is 1. The van der Waals surface area contributed by atoms with Gasteiger partial charge in [0.2, 0.25) is 0 Å². The third kappa shape index (κ3) is 4.57. The average Bonchev–Trinajstić information content (AvgIpc) is 2.48. The Morgan fingerprint density at radius 3 is 2.95 bits per heavy atom. The van der Waals surface area contributed by atoms with Gasteiger partial charge in [0, 0.05) is 19.1 Å². The monoisotopic (exact) mass is 296 g/mol. The van der Waals surface area contributed by atoms with E-state index >= 15 is 0 Å². The summed E-state index contributed by atoms with van der Waals surface area (Å²) in [7, 11) is 0. The van der Waals surface area contributed by atoms with E-state index in [9.17, 15) is 5.11 Å². The fourth-order valence-electron chi connectivity index (χ4n) is 2.36. The van der Waals surface area contributed by atoms with Crippen molar-refractivity contribution in [2.45, 2.75) is 25.2 Å². The van der Waals surface area contributed by atoms with Gasteiger partial charge in [-0.3, -0.25) is 4.90 Å². The standard InChI is InChI=1S/C15H24N2O4/c1-11-9-20-13(8-18)7-17(11)6-12(19)10-21-15-5-3-2-4-14(15)16/h2-5,11-13,18-19H,6-10,16H2,1H3. The van der Waals surface area contributed by atoms with Crippen LogP contribution in [0.15, 0.2) is 24.3 Å². The second-order valence-electron chi connectivity index (χ2n) is 5.44. The SMILES string of the molecule is CC1COC(CO)CN1CC(O)COc1ccccc1N. The van der Waals surface area contributed by atoms with E-state index in [-0.39, 0.29) is 25.4 Å². The second-order valence-corrected chi connectivity index (χ2v) is 5.44. The predicted molar refractivity (Wildman–Crippen MR) is 80.2 cm³/mol. The molecule has 2 rings (SSSR count). The molecule has 1 saturated heterocycles. The summed E-state index contributed by atoms with van der Waals surface area (Å²) in [5.74, 6) is 0.583. The Kier molecular flexibility index (Phi) is 5.81. The number of nitrogen functional groups attached to an aromatic ring is 1. The highest BCUT2D eigenvalue weighted by molar-refractivity contribution is 5.51. The molecule has 3 unspecified atom stereocenters. The highest BCUT2D eigenvalue weighted by Crippen LogP contribution is 2.20. The van der Waals surface area contributed by atoms with Gasteiger partial charge in [-0.05, 0) is 19.1 Å². The first-order valence-corrected chi connectivity index (χ1v) is 7.22. The molecule has 4 N–H and O–H groups in total. The summed E-state index contributed by atoms with van der Waals surface area (Å²) in [6.07, 6.45) is -0.802. The van der Waals surface area contributed by atoms with Gasteiger partial charge in [0.05, 0.1) is 25.0 Å². The Balaban J connectivity index is 1.81. The molecule has 1 fully saturated rings. The number of aliphatic hydroxyl groups is 2. The molecule has 0 spiro atoms. The van der Waals surface area contributed by atoms with Crippen LogP contribution in [-0.4, -0.2) is 66.3 Å². The summed E-state index contributed by atoms with van der Waals surface area (Å²) >= 11 is 0. The number of hydrogen-bond acceptors (Lipinski definition) is 6. The van der Waals surface area contributed by atoms with E-state index in [0.717, 1.165) is 0 Å². The van der Waals surface area contributed by atoms with Crippen molar-refractivity contribution in [2.24, 2.45) is 0 Å². The van der Waals surface area contributed by atoms with Crippen LogP contribution in [0.1, 0.15) is 6.92 Å². The first kappa shape index (κ1) is 16.0. The number of rotatable bonds is 6. The highest BCUT2D eigenvalue weighted by Gasteiger charge is 2.27. The Labute approximate surface area is 125 Å². The summed E-state index contributed by atoms with van der Waals surface area (Å²) in [6.45, 7) is 3.87. The normalized spacial score (nSPS) is 24.7. The lowest BCUT2D eigenvalue weighted by Gasteiger charge is -2.38. The Morgan fingerprint density at radius 1 is 1.48 bits per heavy atom. The van der Waals surface area contributed by atoms with Crippen LogP contribution in [0.4, 0.5) is 5.69 Å². The molecule has 118 valence electrons. The van der Waals surface area contributed by atoms with E-state index in [1.165, 1.54) is 0 Å². The van der Waals surface area contributed by atoms with Crippen LogP contribution in [0.5, 0.6) is 5.75 Å². The van der Waals surface area contributed by atoms with E-state index in [2.05, 4.69) is 4.90 Å². The number of morpholine rings is 1. The minimum atomic E-state index is -0.621. The number of anilines is 1. The lowest BCUT2D eigenvalue weighted by Crippen LogP contribution is -2.52. The summed E-state index contributed by atoms with van der Waals surface area (Å²) in [5.41, 5.74) is 6.35. The van der Waals surface area contributed by atoms with Crippen molar-refractivity contribution in [3.05, 3.63) is 24.3 Å². The van der Waals surface area contributed by atoms with Crippen molar-refractivity contribution in [1.29, 1.82) is 0 Å². The highest BCUT2D eigenvalue weighted by atomic mass is 16.5. The molecule has 1 aliphatic heterocycles. The summed E-state index contributed by atoms with van der Waals surface area (Å²) in [6, 6.07) is 7.43. The molecule has 1 aromatic rings. The maximum Gasteiger partial charge on any atom is 0.142 e. The molecule has 0 amide bonds. The van der Waals surface area contributed by atoms with Crippen molar-refractivity contribution in [2.75, 3.05) is 38.6 Å². The minimum absolute atomic E-state index is 0.00361. The molecule has 1 aliphatic rings. The van der Waals surface area contributed by atoms with Crippen LogP contribution in [0, 0.1) is 0 Å². The maximum absolute atomic E-state index is 10.1. The molecule has 6 heteroatoms. The van der Waals surface area contributed by atoms with Crippen LogP contribution in [0.25, 0.3) is 0 Å². The number of ether oxygens (including phenoxy) is 2. The Morgan fingerprint density at radius 2 is 2.24 bits per heavy atom. The molecular formula is C15H24N2O4. The van der Waals surface area contributed by atoms with E-state index in [0.29, 0.717) is 31.1 Å². The third-order valence-electron chi connectivity index (χ3n) is 3.63. The van der Waals surface area contributed by atoms with Gasteiger partial charge in [0.25, 0.3) is 0 Å². The fourth-order valence-corrected chi connectivity index (χ4v) is 2.36. The van der Waals surface area contributed by atoms with Crippen molar-refractivity contribution in [1.82, 2.24) is 4.90 Å². The number of para-hydroxylation sites is 2. The fraction of sp³-hybridized carbons (Fsp3) is 0.600. The molecule has 21 heavy (non-hydrogen) atoms. The van der Waals surface area contributed by atoms with E-state index in [1.54, 1.807) is 12.1 Å². The first-order valence-electron chi connectivity index (χ1n) is 7.22. The largest absolute Gasteiger partial charge is 0.489 e. The smallest absolute Gasteiger partial charge is 0.142 e. The molecule has 1 heterocycles. The lowest BCUT2D eigenvalue weighted by molar-refractivity contribution is -0.0887. The van der Waals surface area contributed by atoms with Gasteiger partial charge in [0.15, 0.2) is 0 Å². The van der Waals surface area contributed by atoms with Crippen molar-refractivity contribution >= 4 is 5.69 Å². The Bertz CT molecular complexity index is 443. The van der Waals surface area contributed by atoms with E-state index in [4.69, 9.17) is 20.3 Å². The average molecular weight is 296 g/mol. The zero-order valence-electron chi connectivity index (χ0n) is 12.3. The van der Waals surface area contributed by atoms with Crippen LogP contribution >= 0.6 is 0 Å². The molecule has 0 aromatic heterocycles. The molecule has 0 aliphatic carbocycles. The summed E-state index contributed by atoms with van der Waals surface area (Å²) < 4.78 is 11.0. The number of β-amino-alcohol motifs (C(OH)–C–C–N with tert-alkyl or cyclic N) is 1. The third-order valence-corrected chi connectivity index (χ3v) is 3.63. The van der Waals surface area contributed by atoms with Gasteiger partial charge >= 0.3 is 0 Å². The molecular weight excluding hydrogens is 272 g/mol. The minimum Gasteiger partial charge on any atom is -0.489 e. The van der Waals surface area contributed by atoms with Gasteiger partial charge in [0.1, 0.15) is 18.5 Å². The van der Waals surface area contributed by atoms with Crippen LogP contribution in [-0.2, 0) is 4.74 Å². The predicted octanol–water partition coefficient (Wildman–Crippen LogP) is 0.0901. The first-order chi connectivity index (χ1) is 10.1. The second kappa shape index (κ2) is 7.61. The lowest BCUT2D eigenvalue weighted by atomic mass is 10.2. The quantitative estimate of drug-likeness (QED) is 0.645. The van der Waals surface area contributed by atoms with E-state index < -0.39 is 6.10 Å².